The smallest absolute Gasteiger partial charge is 0.0774 e. The highest BCUT2D eigenvalue weighted by molar-refractivity contribution is 9.11. The zero-order valence-electron chi connectivity index (χ0n) is 8.61. The predicted octanol–water partition coefficient (Wildman–Crippen LogP) is 2.95. The molecule has 0 saturated heterocycles. The second-order valence-electron chi connectivity index (χ2n) is 3.33. The van der Waals surface area contributed by atoms with Crippen molar-refractivity contribution in [2.45, 2.75) is 6.54 Å². The van der Waals surface area contributed by atoms with Gasteiger partial charge < -0.3 is 5.32 Å². The van der Waals surface area contributed by atoms with Crippen molar-refractivity contribution in [1.82, 2.24) is 15.0 Å². The number of nitrogens with zero attached hydrogens (tertiary/aromatic N) is 3. The fraction of sp³-hybridized carbons (Fsp3) is 0.200. The third-order valence-electron chi connectivity index (χ3n) is 2.20. The molecule has 4 nitrogen and oxygen atoms in total. The van der Waals surface area contributed by atoms with Gasteiger partial charge in [0.1, 0.15) is 0 Å². The van der Waals surface area contributed by atoms with Gasteiger partial charge in [-0.2, -0.15) is 0 Å². The first-order valence-corrected chi connectivity index (χ1v) is 6.28. The maximum Gasteiger partial charge on any atom is 0.0774 e. The average molecular weight is 346 g/mol. The van der Waals surface area contributed by atoms with Crippen LogP contribution in [0.5, 0.6) is 0 Å². The SMILES string of the molecule is Cn1nncc1CNc1ccc(Br)cc1Br. The molecular weight excluding hydrogens is 336 g/mol. The van der Waals surface area contributed by atoms with E-state index in [1.165, 1.54) is 0 Å². The molecule has 0 fully saturated rings. The van der Waals surface area contributed by atoms with Crippen LogP contribution in [0, 0.1) is 0 Å². The average Bonchev–Trinajstić information content (AvgIpc) is 2.63. The van der Waals surface area contributed by atoms with Crippen molar-refractivity contribution < 1.29 is 0 Å². The van der Waals surface area contributed by atoms with Crippen LogP contribution in [0.25, 0.3) is 0 Å². The summed E-state index contributed by atoms with van der Waals surface area (Å²) in [4.78, 5) is 0. The van der Waals surface area contributed by atoms with Crippen LogP contribution in [0.2, 0.25) is 0 Å². The molecule has 0 aliphatic heterocycles. The molecule has 0 aliphatic rings. The standard InChI is InChI=1S/C10H10Br2N4/c1-16-8(6-14-15-16)5-13-10-3-2-7(11)4-9(10)12/h2-4,6,13H,5H2,1H3. The van der Waals surface area contributed by atoms with E-state index in [2.05, 4.69) is 47.5 Å². The van der Waals surface area contributed by atoms with Gasteiger partial charge in [0.15, 0.2) is 0 Å². The van der Waals surface area contributed by atoms with Crippen LogP contribution >= 0.6 is 31.9 Å². The van der Waals surface area contributed by atoms with Crippen LogP contribution in [-0.2, 0) is 13.6 Å². The molecule has 0 unspecified atom stereocenters. The molecule has 2 aromatic rings. The van der Waals surface area contributed by atoms with E-state index in [4.69, 9.17) is 0 Å². The molecule has 0 radical (unpaired) electrons. The van der Waals surface area contributed by atoms with Gasteiger partial charge in [-0.3, -0.25) is 4.68 Å². The summed E-state index contributed by atoms with van der Waals surface area (Å²) in [6.45, 7) is 0.698. The monoisotopic (exact) mass is 344 g/mol. The van der Waals surface area contributed by atoms with E-state index < -0.39 is 0 Å². The quantitative estimate of drug-likeness (QED) is 0.930. The van der Waals surface area contributed by atoms with Gasteiger partial charge in [-0.1, -0.05) is 21.1 Å². The van der Waals surface area contributed by atoms with Crippen molar-refractivity contribution in [2.75, 3.05) is 5.32 Å². The number of hydrogen-bond donors (Lipinski definition) is 1. The fourth-order valence-corrected chi connectivity index (χ4v) is 2.48. The molecule has 84 valence electrons. The maximum absolute atomic E-state index is 3.87. The number of aryl methyl sites for hydroxylation is 1. The van der Waals surface area contributed by atoms with Gasteiger partial charge in [0.2, 0.25) is 0 Å². The van der Waals surface area contributed by atoms with Crippen molar-refractivity contribution in [1.29, 1.82) is 0 Å². The Balaban J connectivity index is 2.08. The van der Waals surface area contributed by atoms with Crippen molar-refractivity contribution in [3.8, 4) is 0 Å². The lowest BCUT2D eigenvalue weighted by Gasteiger charge is -2.08. The van der Waals surface area contributed by atoms with Gasteiger partial charge in [0.05, 0.1) is 18.4 Å². The summed E-state index contributed by atoms with van der Waals surface area (Å²) in [5, 5.41) is 11.0. The number of hydrogen-bond acceptors (Lipinski definition) is 3. The summed E-state index contributed by atoms with van der Waals surface area (Å²) in [5.41, 5.74) is 2.08. The summed E-state index contributed by atoms with van der Waals surface area (Å²) in [6.07, 6.45) is 1.75. The van der Waals surface area contributed by atoms with Crippen LogP contribution in [0.15, 0.2) is 33.3 Å². The number of benzene rings is 1. The van der Waals surface area contributed by atoms with Crippen LogP contribution in [0.3, 0.4) is 0 Å². The Bertz CT molecular complexity index is 495. The molecule has 1 aromatic carbocycles. The predicted molar refractivity (Wildman–Crippen MR) is 70.2 cm³/mol. The van der Waals surface area contributed by atoms with Gasteiger partial charge in [0, 0.05) is 21.7 Å². The number of rotatable bonds is 3. The molecule has 0 spiro atoms. The maximum atomic E-state index is 3.87. The van der Waals surface area contributed by atoms with E-state index in [-0.39, 0.29) is 0 Å². The number of nitrogens with one attached hydrogen (secondary N) is 1. The molecule has 0 aliphatic carbocycles. The van der Waals surface area contributed by atoms with Crippen molar-refractivity contribution in [2.24, 2.45) is 7.05 Å². The zero-order valence-corrected chi connectivity index (χ0v) is 11.8. The zero-order chi connectivity index (χ0) is 11.5. The lowest BCUT2D eigenvalue weighted by molar-refractivity contribution is 0.683. The number of halogens is 2. The summed E-state index contributed by atoms with van der Waals surface area (Å²) < 4.78 is 3.82. The third-order valence-corrected chi connectivity index (χ3v) is 3.35. The van der Waals surface area contributed by atoms with E-state index in [1.54, 1.807) is 10.9 Å². The lowest BCUT2D eigenvalue weighted by Crippen LogP contribution is -2.05. The molecule has 0 bridgehead atoms. The highest BCUT2D eigenvalue weighted by Crippen LogP contribution is 2.26. The van der Waals surface area contributed by atoms with E-state index in [0.29, 0.717) is 6.54 Å². The van der Waals surface area contributed by atoms with E-state index in [0.717, 1.165) is 20.3 Å². The van der Waals surface area contributed by atoms with Gasteiger partial charge in [-0.15, -0.1) is 5.10 Å². The minimum absolute atomic E-state index is 0.698. The van der Waals surface area contributed by atoms with E-state index in [1.807, 2.05) is 25.2 Å². The first-order chi connectivity index (χ1) is 7.66. The van der Waals surface area contributed by atoms with Gasteiger partial charge in [0.25, 0.3) is 0 Å². The minimum Gasteiger partial charge on any atom is -0.378 e. The Labute approximate surface area is 110 Å². The number of anilines is 1. The highest BCUT2D eigenvalue weighted by Gasteiger charge is 2.02. The Morgan fingerprint density at radius 2 is 2.19 bits per heavy atom. The molecule has 1 N–H and O–H groups in total. The molecule has 1 heterocycles. The molecule has 6 heteroatoms. The second-order valence-corrected chi connectivity index (χ2v) is 5.10. The topological polar surface area (TPSA) is 42.7 Å². The van der Waals surface area contributed by atoms with Crippen LogP contribution in [0.1, 0.15) is 5.69 Å². The van der Waals surface area contributed by atoms with Gasteiger partial charge in [-0.05, 0) is 34.1 Å². The molecule has 0 amide bonds. The first-order valence-electron chi connectivity index (χ1n) is 4.69. The van der Waals surface area contributed by atoms with Crippen molar-refractivity contribution in [3.05, 3.63) is 39.0 Å². The minimum atomic E-state index is 0.698. The lowest BCUT2D eigenvalue weighted by atomic mass is 10.3. The van der Waals surface area contributed by atoms with Gasteiger partial charge in [-0.25, -0.2) is 0 Å². The van der Waals surface area contributed by atoms with Crippen LogP contribution in [0.4, 0.5) is 5.69 Å². The largest absolute Gasteiger partial charge is 0.378 e. The Kier molecular flexibility index (Phi) is 3.60. The molecule has 2 rings (SSSR count). The summed E-state index contributed by atoms with van der Waals surface area (Å²) in [5.74, 6) is 0. The summed E-state index contributed by atoms with van der Waals surface area (Å²) >= 11 is 6.92. The molecule has 16 heavy (non-hydrogen) atoms. The number of aromatic nitrogens is 3. The highest BCUT2D eigenvalue weighted by atomic mass is 79.9. The van der Waals surface area contributed by atoms with Crippen molar-refractivity contribution in [3.63, 3.8) is 0 Å². The van der Waals surface area contributed by atoms with Crippen molar-refractivity contribution >= 4 is 37.5 Å². The van der Waals surface area contributed by atoms with Gasteiger partial charge >= 0.3 is 0 Å². The van der Waals surface area contributed by atoms with Crippen LogP contribution < -0.4 is 5.32 Å². The normalized spacial score (nSPS) is 10.4. The van der Waals surface area contributed by atoms with Crippen LogP contribution in [-0.4, -0.2) is 15.0 Å². The Morgan fingerprint density at radius 3 is 2.81 bits per heavy atom. The van der Waals surface area contributed by atoms with E-state index >= 15 is 0 Å². The third kappa shape index (κ3) is 2.62. The molecule has 1 aromatic heterocycles. The summed E-state index contributed by atoms with van der Waals surface area (Å²) in [7, 11) is 1.88. The molecule has 0 saturated carbocycles. The Morgan fingerprint density at radius 1 is 1.38 bits per heavy atom. The summed E-state index contributed by atoms with van der Waals surface area (Å²) in [6, 6.07) is 6.01. The fourth-order valence-electron chi connectivity index (χ4n) is 1.29. The Hall–Kier alpha value is -0.880. The second kappa shape index (κ2) is 4.97. The van der Waals surface area contributed by atoms with E-state index in [9.17, 15) is 0 Å². The first kappa shape index (κ1) is 11.6. The molecular formula is C10H10Br2N4. The molecule has 0 atom stereocenters.